The lowest BCUT2D eigenvalue weighted by molar-refractivity contribution is -0.560. The maximum absolute atomic E-state index is 6.05. The van der Waals surface area contributed by atoms with E-state index in [9.17, 15) is 0 Å². The van der Waals surface area contributed by atoms with E-state index in [4.69, 9.17) is 19.6 Å². The van der Waals surface area contributed by atoms with E-state index >= 15 is 0 Å². The van der Waals surface area contributed by atoms with E-state index in [0.29, 0.717) is 11.8 Å². The van der Waals surface area contributed by atoms with Crippen LogP contribution in [0.5, 0.6) is 0 Å². The Bertz CT molecular complexity index is 369. The van der Waals surface area contributed by atoms with Crippen molar-refractivity contribution in [2.24, 2.45) is 17.8 Å². The molecular formula is C21H42O4. The molecule has 0 heterocycles. The fraction of sp³-hybridized carbons (Fsp3) is 1.00. The Balaban J connectivity index is 2.90. The van der Waals surface area contributed by atoms with Gasteiger partial charge in [0.15, 0.2) is 0 Å². The molecular weight excluding hydrogens is 316 g/mol. The summed E-state index contributed by atoms with van der Waals surface area (Å²) in [5.41, 5.74) is -0.674. The van der Waals surface area contributed by atoms with Crippen molar-refractivity contribution in [1.29, 1.82) is 0 Å². The van der Waals surface area contributed by atoms with Crippen LogP contribution >= 0.6 is 0 Å². The molecule has 0 aliphatic heterocycles. The first-order chi connectivity index (χ1) is 11.5. The molecule has 0 amide bonds. The van der Waals surface area contributed by atoms with Crippen LogP contribution in [0.15, 0.2) is 0 Å². The van der Waals surface area contributed by atoms with Crippen molar-refractivity contribution in [3.63, 3.8) is 0 Å². The second-order valence-corrected chi connectivity index (χ2v) is 9.33. The molecule has 1 saturated carbocycles. The van der Waals surface area contributed by atoms with Gasteiger partial charge in [-0.15, -0.1) is 0 Å². The fourth-order valence-electron chi connectivity index (χ4n) is 3.72. The van der Waals surface area contributed by atoms with E-state index < -0.39 is 5.79 Å². The van der Waals surface area contributed by atoms with Gasteiger partial charge >= 0.3 is 0 Å². The third-order valence-corrected chi connectivity index (χ3v) is 5.85. The van der Waals surface area contributed by atoms with Gasteiger partial charge in [0.1, 0.15) is 0 Å². The van der Waals surface area contributed by atoms with Gasteiger partial charge in [-0.3, -0.25) is 0 Å². The highest BCUT2D eigenvalue weighted by atomic mass is 17.3. The number of hydrogen-bond donors (Lipinski definition) is 0. The molecule has 4 heteroatoms. The normalized spacial score (nSPS) is 27.5. The summed E-state index contributed by atoms with van der Waals surface area (Å²) in [6.07, 6.45) is 5.79. The Labute approximate surface area is 155 Å². The summed E-state index contributed by atoms with van der Waals surface area (Å²) in [6.45, 7) is 19.3. The monoisotopic (exact) mass is 358 g/mol. The second kappa shape index (κ2) is 9.16. The molecule has 1 aliphatic rings. The molecule has 0 bridgehead atoms. The van der Waals surface area contributed by atoms with Gasteiger partial charge < -0.3 is 0 Å². The third-order valence-electron chi connectivity index (χ3n) is 5.85. The lowest BCUT2D eigenvalue weighted by atomic mass is 9.71. The van der Waals surface area contributed by atoms with Gasteiger partial charge in [0.2, 0.25) is 5.79 Å². The van der Waals surface area contributed by atoms with Crippen LogP contribution < -0.4 is 0 Å². The highest BCUT2D eigenvalue weighted by molar-refractivity contribution is 4.87. The van der Waals surface area contributed by atoms with Crippen LogP contribution in [0.2, 0.25) is 0 Å². The molecule has 25 heavy (non-hydrogen) atoms. The van der Waals surface area contributed by atoms with Crippen molar-refractivity contribution in [3.8, 4) is 0 Å². The fourth-order valence-corrected chi connectivity index (χ4v) is 3.72. The molecule has 3 unspecified atom stereocenters. The zero-order valence-corrected chi connectivity index (χ0v) is 18.1. The van der Waals surface area contributed by atoms with Crippen LogP contribution in [0.3, 0.4) is 0 Å². The lowest BCUT2D eigenvalue weighted by Gasteiger charge is -2.47. The van der Waals surface area contributed by atoms with Crippen molar-refractivity contribution < 1.29 is 19.6 Å². The van der Waals surface area contributed by atoms with Gasteiger partial charge in [-0.2, -0.15) is 9.78 Å². The van der Waals surface area contributed by atoms with E-state index in [0.717, 1.165) is 38.5 Å². The van der Waals surface area contributed by atoms with Crippen LogP contribution in [-0.4, -0.2) is 17.0 Å². The summed E-state index contributed by atoms with van der Waals surface area (Å²) in [6, 6.07) is 0. The summed E-state index contributed by atoms with van der Waals surface area (Å²) in [7, 11) is 0. The number of rotatable bonds is 10. The topological polar surface area (TPSA) is 36.9 Å². The van der Waals surface area contributed by atoms with Crippen LogP contribution in [0, 0.1) is 17.8 Å². The van der Waals surface area contributed by atoms with Gasteiger partial charge in [-0.1, -0.05) is 47.5 Å². The summed E-state index contributed by atoms with van der Waals surface area (Å²) in [4.78, 5) is 23.9. The van der Waals surface area contributed by atoms with Gasteiger partial charge in [0, 0.05) is 12.3 Å². The molecule has 1 aliphatic carbocycles. The molecule has 150 valence electrons. The van der Waals surface area contributed by atoms with Crippen LogP contribution in [0.4, 0.5) is 0 Å². The summed E-state index contributed by atoms with van der Waals surface area (Å²) in [5, 5.41) is 0. The van der Waals surface area contributed by atoms with Gasteiger partial charge in [0.05, 0.1) is 11.2 Å². The SMILES string of the molecule is CCCC(C)(C)OOC1(OOC(C)(C)CCC)CCC(C)C(C)C1C. The predicted octanol–water partition coefficient (Wildman–Crippen LogP) is 6.44. The van der Waals surface area contributed by atoms with Crippen molar-refractivity contribution in [2.45, 2.75) is 118 Å². The zero-order valence-electron chi connectivity index (χ0n) is 18.1. The van der Waals surface area contributed by atoms with E-state index in [1.807, 2.05) is 0 Å². The minimum atomic E-state index is -0.845. The Hall–Kier alpha value is -0.160. The molecule has 0 aromatic heterocycles. The van der Waals surface area contributed by atoms with E-state index in [2.05, 4.69) is 62.3 Å². The second-order valence-electron chi connectivity index (χ2n) is 9.33. The van der Waals surface area contributed by atoms with E-state index in [-0.39, 0.29) is 17.1 Å². The maximum atomic E-state index is 6.05. The van der Waals surface area contributed by atoms with Crippen LogP contribution in [0.1, 0.15) is 101 Å². The molecule has 0 aromatic rings. The molecule has 3 atom stereocenters. The molecule has 1 fully saturated rings. The minimum Gasteiger partial charge on any atom is -0.228 e. The van der Waals surface area contributed by atoms with Crippen molar-refractivity contribution in [2.75, 3.05) is 0 Å². The highest BCUT2D eigenvalue weighted by Gasteiger charge is 2.50. The quantitative estimate of drug-likeness (QED) is 0.256. The summed E-state index contributed by atoms with van der Waals surface area (Å²) >= 11 is 0. The number of hydrogen-bond acceptors (Lipinski definition) is 4. The molecule has 0 radical (unpaired) electrons. The Morgan fingerprint density at radius 3 is 1.68 bits per heavy atom. The summed E-state index contributed by atoms with van der Waals surface area (Å²) < 4.78 is 0. The van der Waals surface area contributed by atoms with Gasteiger partial charge in [0.25, 0.3) is 0 Å². The first-order valence-electron chi connectivity index (χ1n) is 10.2. The summed E-state index contributed by atoms with van der Waals surface area (Å²) in [5.74, 6) is 0.459. The van der Waals surface area contributed by atoms with Gasteiger partial charge in [-0.05, 0) is 58.8 Å². The Morgan fingerprint density at radius 2 is 1.28 bits per heavy atom. The average Bonchev–Trinajstić information content (AvgIpc) is 2.51. The zero-order chi connectivity index (χ0) is 19.3. The Kier molecular flexibility index (Phi) is 8.39. The van der Waals surface area contributed by atoms with E-state index in [1.54, 1.807) is 0 Å². The third kappa shape index (κ3) is 6.50. The molecule has 0 aromatic carbocycles. The first kappa shape index (κ1) is 22.9. The standard InChI is InChI=1S/C21H42O4/c1-10-13-19(6,7)22-24-21(25-23-20(8,9)14-11-2)15-12-16(3)17(4)18(21)5/h16-18H,10-15H2,1-9H3. The molecule has 0 N–H and O–H groups in total. The van der Waals surface area contributed by atoms with Crippen molar-refractivity contribution >= 4 is 0 Å². The van der Waals surface area contributed by atoms with Crippen LogP contribution in [-0.2, 0) is 19.6 Å². The highest BCUT2D eigenvalue weighted by Crippen LogP contribution is 2.45. The first-order valence-corrected chi connectivity index (χ1v) is 10.2. The van der Waals surface area contributed by atoms with E-state index in [1.165, 1.54) is 0 Å². The molecule has 1 rings (SSSR count). The van der Waals surface area contributed by atoms with Gasteiger partial charge in [-0.25, -0.2) is 9.78 Å². The van der Waals surface area contributed by atoms with Crippen molar-refractivity contribution in [3.05, 3.63) is 0 Å². The van der Waals surface area contributed by atoms with Crippen LogP contribution in [0.25, 0.3) is 0 Å². The van der Waals surface area contributed by atoms with Crippen molar-refractivity contribution in [1.82, 2.24) is 0 Å². The largest absolute Gasteiger partial charge is 0.236 e. The predicted molar refractivity (Wildman–Crippen MR) is 102 cm³/mol. The molecule has 4 nitrogen and oxygen atoms in total. The maximum Gasteiger partial charge on any atom is 0.236 e. The average molecular weight is 359 g/mol. The smallest absolute Gasteiger partial charge is 0.228 e. The minimum absolute atomic E-state index is 0.186. The Morgan fingerprint density at radius 1 is 0.840 bits per heavy atom. The molecule has 0 saturated heterocycles. The lowest BCUT2D eigenvalue weighted by Crippen LogP contribution is -2.52. The molecule has 0 spiro atoms.